The fourth-order valence-corrected chi connectivity index (χ4v) is 6.65. The van der Waals surface area contributed by atoms with Gasteiger partial charge in [0, 0.05) is 28.2 Å². The van der Waals surface area contributed by atoms with Crippen LogP contribution in [0.2, 0.25) is 10.0 Å². The second-order valence-electron chi connectivity index (χ2n) is 7.97. The number of hydrogen-bond donors (Lipinski definition) is 1. The van der Waals surface area contributed by atoms with E-state index in [0.717, 1.165) is 20.9 Å². The molecule has 1 fully saturated rings. The molecule has 1 atom stereocenters. The molecule has 33 heavy (non-hydrogen) atoms. The average Bonchev–Trinajstić information content (AvgIpc) is 3.25. The Morgan fingerprint density at radius 2 is 2.00 bits per heavy atom. The molecule has 10 heteroatoms. The van der Waals surface area contributed by atoms with Gasteiger partial charge in [-0.2, -0.15) is 4.31 Å². The van der Waals surface area contributed by atoms with E-state index in [-0.39, 0.29) is 34.5 Å². The van der Waals surface area contributed by atoms with Gasteiger partial charge in [-0.1, -0.05) is 35.3 Å². The molecule has 2 aromatic carbocycles. The Hall–Kier alpha value is -2.39. The van der Waals surface area contributed by atoms with Gasteiger partial charge in [0.1, 0.15) is 28.8 Å². The van der Waals surface area contributed by atoms with Gasteiger partial charge in [0.15, 0.2) is 0 Å². The number of carboxylic acid groups (broad SMARTS) is 1. The fraction of sp³-hybridized carbons (Fsp3) is 0.304. The first-order chi connectivity index (χ1) is 15.6. The second kappa shape index (κ2) is 9.10. The van der Waals surface area contributed by atoms with Gasteiger partial charge in [0.05, 0.1) is 5.02 Å². The lowest BCUT2D eigenvalue weighted by atomic mass is 10.1. The largest absolute Gasteiger partial charge is 0.487 e. The van der Waals surface area contributed by atoms with Gasteiger partial charge in [0.2, 0.25) is 10.0 Å². The summed E-state index contributed by atoms with van der Waals surface area (Å²) in [6, 6.07) is 9.18. The van der Waals surface area contributed by atoms with E-state index in [2.05, 4.69) is 4.98 Å². The first kappa shape index (κ1) is 23.8. The Morgan fingerprint density at radius 1 is 1.24 bits per heavy atom. The molecule has 0 radical (unpaired) electrons. The third-order valence-corrected chi connectivity index (χ3v) is 8.58. The number of benzene rings is 2. The predicted octanol–water partition coefficient (Wildman–Crippen LogP) is 4.98. The molecular weight excluding hydrogens is 487 g/mol. The standard InChI is InChI=1S/C23H22Cl2N2O5S/c1-13-11-14(2)26-22-15(13)5-3-7-19(22)32-12-16-17(24)8-9-20(21(16)25)33(30,31)27-10-4-6-18(27)23(28)29/h3,5,7-9,11,18H,4,6,10,12H2,1-2H3,(H,28,29). The van der Waals surface area contributed by atoms with E-state index in [0.29, 0.717) is 23.3 Å². The van der Waals surface area contributed by atoms with E-state index in [1.165, 1.54) is 12.1 Å². The Balaban J connectivity index is 1.69. The number of pyridine rings is 1. The Morgan fingerprint density at radius 3 is 2.73 bits per heavy atom. The van der Waals surface area contributed by atoms with Crippen LogP contribution in [-0.2, 0) is 21.4 Å². The molecule has 1 aromatic heterocycles. The molecule has 0 saturated carbocycles. The lowest BCUT2D eigenvalue weighted by molar-refractivity contribution is -0.140. The topological polar surface area (TPSA) is 96.8 Å². The van der Waals surface area contributed by atoms with Gasteiger partial charge in [-0.05, 0) is 56.5 Å². The zero-order chi connectivity index (χ0) is 23.9. The smallest absolute Gasteiger partial charge is 0.322 e. The number of hydrogen-bond acceptors (Lipinski definition) is 5. The quantitative estimate of drug-likeness (QED) is 0.504. The number of sulfonamides is 1. The second-order valence-corrected chi connectivity index (χ2v) is 10.6. The van der Waals surface area contributed by atoms with Crippen LogP contribution in [0.1, 0.15) is 29.7 Å². The highest BCUT2D eigenvalue weighted by atomic mass is 35.5. The Bertz CT molecular complexity index is 1360. The molecule has 0 amide bonds. The summed E-state index contributed by atoms with van der Waals surface area (Å²) in [6.45, 7) is 3.92. The monoisotopic (exact) mass is 508 g/mol. The molecule has 7 nitrogen and oxygen atoms in total. The van der Waals surface area contributed by atoms with Crippen molar-refractivity contribution >= 4 is 50.1 Å². The van der Waals surface area contributed by atoms with Crippen molar-refractivity contribution in [2.45, 2.75) is 44.2 Å². The van der Waals surface area contributed by atoms with E-state index in [4.69, 9.17) is 27.9 Å². The summed E-state index contributed by atoms with van der Waals surface area (Å²) in [6.07, 6.45) is 0.715. The maximum atomic E-state index is 13.2. The number of aryl methyl sites for hydroxylation is 2. The molecule has 0 aliphatic carbocycles. The molecule has 174 valence electrons. The summed E-state index contributed by atoms with van der Waals surface area (Å²) in [7, 11) is -4.14. The van der Waals surface area contributed by atoms with Gasteiger partial charge in [-0.3, -0.25) is 4.79 Å². The van der Waals surface area contributed by atoms with Crippen molar-refractivity contribution in [2.75, 3.05) is 6.54 Å². The highest BCUT2D eigenvalue weighted by Crippen LogP contribution is 2.36. The highest BCUT2D eigenvalue weighted by molar-refractivity contribution is 7.89. The molecular formula is C23H22Cl2N2O5S. The van der Waals surface area contributed by atoms with Crippen LogP contribution in [0, 0.1) is 13.8 Å². The minimum atomic E-state index is -4.14. The van der Waals surface area contributed by atoms with Crippen molar-refractivity contribution in [3.63, 3.8) is 0 Å². The minimum Gasteiger partial charge on any atom is -0.487 e. The molecule has 1 unspecified atom stereocenters. The zero-order valence-corrected chi connectivity index (χ0v) is 20.3. The highest BCUT2D eigenvalue weighted by Gasteiger charge is 2.40. The molecule has 2 heterocycles. The first-order valence-electron chi connectivity index (χ1n) is 10.3. The fourth-order valence-electron chi connectivity index (χ4n) is 4.13. The minimum absolute atomic E-state index is 0.0842. The average molecular weight is 509 g/mol. The van der Waals surface area contributed by atoms with E-state index >= 15 is 0 Å². The molecule has 1 aliphatic rings. The van der Waals surface area contributed by atoms with E-state index < -0.39 is 22.0 Å². The third-order valence-electron chi connectivity index (χ3n) is 5.74. The normalized spacial score (nSPS) is 16.9. The first-order valence-corrected chi connectivity index (χ1v) is 12.5. The zero-order valence-electron chi connectivity index (χ0n) is 18.0. The number of carbonyl (C=O) groups is 1. The van der Waals surface area contributed by atoms with Crippen LogP contribution in [0.15, 0.2) is 41.3 Å². The lowest BCUT2D eigenvalue weighted by Gasteiger charge is -2.22. The lowest BCUT2D eigenvalue weighted by Crippen LogP contribution is -2.40. The van der Waals surface area contributed by atoms with Gasteiger partial charge < -0.3 is 9.84 Å². The van der Waals surface area contributed by atoms with Crippen molar-refractivity contribution in [1.29, 1.82) is 0 Å². The van der Waals surface area contributed by atoms with E-state index in [1.807, 2.05) is 32.0 Å². The van der Waals surface area contributed by atoms with Crippen LogP contribution < -0.4 is 4.74 Å². The summed E-state index contributed by atoms with van der Waals surface area (Å²) in [5, 5.41) is 10.5. The van der Waals surface area contributed by atoms with Crippen molar-refractivity contribution in [3.05, 3.63) is 63.3 Å². The van der Waals surface area contributed by atoms with E-state index in [1.54, 1.807) is 6.07 Å². The van der Waals surface area contributed by atoms with Gasteiger partial charge in [-0.25, -0.2) is 13.4 Å². The number of ether oxygens (including phenoxy) is 1. The number of fused-ring (bicyclic) bond motifs is 1. The Labute approximate surface area is 201 Å². The van der Waals surface area contributed by atoms with Crippen LogP contribution in [0.3, 0.4) is 0 Å². The number of aliphatic carboxylic acids is 1. The van der Waals surface area contributed by atoms with Crippen LogP contribution in [0.25, 0.3) is 10.9 Å². The van der Waals surface area contributed by atoms with Crippen LogP contribution in [0.4, 0.5) is 0 Å². The number of aromatic nitrogens is 1. The van der Waals surface area contributed by atoms with Crippen molar-refractivity contribution in [1.82, 2.24) is 9.29 Å². The summed E-state index contributed by atoms with van der Waals surface area (Å²) in [5.74, 6) is -0.663. The molecule has 0 spiro atoms. The van der Waals surface area contributed by atoms with Crippen molar-refractivity contribution in [2.24, 2.45) is 0 Å². The molecule has 1 aliphatic heterocycles. The maximum absolute atomic E-state index is 13.2. The summed E-state index contributed by atoms with van der Waals surface area (Å²) in [4.78, 5) is 15.9. The number of rotatable bonds is 6. The van der Waals surface area contributed by atoms with Crippen molar-refractivity contribution in [3.8, 4) is 5.75 Å². The third kappa shape index (κ3) is 4.40. The van der Waals surface area contributed by atoms with Crippen LogP contribution in [-0.4, -0.2) is 41.4 Å². The maximum Gasteiger partial charge on any atom is 0.322 e. The predicted molar refractivity (Wildman–Crippen MR) is 127 cm³/mol. The van der Waals surface area contributed by atoms with Gasteiger partial charge in [-0.15, -0.1) is 0 Å². The summed E-state index contributed by atoms with van der Waals surface area (Å²) >= 11 is 12.8. The number of para-hydroxylation sites is 1. The molecule has 1 saturated heterocycles. The van der Waals surface area contributed by atoms with Gasteiger partial charge in [0.25, 0.3) is 0 Å². The Kier molecular flexibility index (Phi) is 6.55. The number of nitrogens with zero attached hydrogens (tertiary/aromatic N) is 2. The summed E-state index contributed by atoms with van der Waals surface area (Å²) in [5.41, 5.74) is 2.89. The van der Waals surface area contributed by atoms with Crippen LogP contribution in [0.5, 0.6) is 5.75 Å². The number of carboxylic acids is 1. The van der Waals surface area contributed by atoms with E-state index in [9.17, 15) is 18.3 Å². The van der Waals surface area contributed by atoms with Gasteiger partial charge >= 0.3 is 5.97 Å². The number of halogens is 2. The SMILES string of the molecule is Cc1cc(C)c2cccc(OCc3c(Cl)ccc(S(=O)(=O)N4CCCC4C(=O)O)c3Cl)c2n1. The molecule has 0 bridgehead atoms. The van der Waals surface area contributed by atoms with Crippen LogP contribution >= 0.6 is 23.2 Å². The molecule has 1 N–H and O–H groups in total. The molecule has 4 rings (SSSR count). The van der Waals surface area contributed by atoms with Crippen molar-refractivity contribution < 1.29 is 23.1 Å². The molecule has 3 aromatic rings. The summed E-state index contributed by atoms with van der Waals surface area (Å²) < 4.78 is 33.5.